The predicted octanol–water partition coefficient (Wildman–Crippen LogP) is 3.21. The number of hydrogen-bond donors (Lipinski definition) is 2. The lowest BCUT2D eigenvalue weighted by molar-refractivity contribution is 0.185. The van der Waals surface area contributed by atoms with E-state index >= 15 is 0 Å². The molecule has 0 aliphatic rings. The minimum absolute atomic E-state index is 0.0299. The molecule has 2 amide bonds. The summed E-state index contributed by atoms with van der Waals surface area (Å²) < 4.78 is 50.9. The minimum Gasteiger partial charge on any atom is -0.395 e. The van der Waals surface area contributed by atoms with Gasteiger partial charge in [0.05, 0.1) is 11.1 Å². The summed E-state index contributed by atoms with van der Waals surface area (Å²) in [5, 5.41) is 11.7. The molecule has 0 aliphatic heterocycles. The Labute approximate surface area is 163 Å². The highest BCUT2D eigenvalue weighted by atomic mass is 79.9. The highest BCUT2D eigenvalue weighted by molar-refractivity contribution is 9.10. The number of amides is 2. The number of anilines is 1. The Bertz CT molecular complexity index is 910. The minimum atomic E-state index is -5.13. The van der Waals surface area contributed by atoms with Gasteiger partial charge in [-0.3, -0.25) is 0 Å². The number of aliphatic hydroxyl groups is 1. The SMILES string of the molecule is O=C(Nc1ccc(OS(=O)(=O)F)cc1)N(CCO)Cc1ccc(F)c(Br)c1. The van der Waals surface area contributed by atoms with Gasteiger partial charge in [-0.05, 0) is 57.9 Å². The van der Waals surface area contributed by atoms with Gasteiger partial charge in [0, 0.05) is 18.8 Å². The molecular weight excluding hydrogens is 450 g/mol. The Morgan fingerprint density at radius 3 is 2.44 bits per heavy atom. The number of nitrogens with zero attached hydrogens (tertiary/aromatic N) is 1. The summed E-state index contributed by atoms with van der Waals surface area (Å²) in [6.45, 7) is -0.133. The normalized spacial score (nSPS) is 11.1. The van der Waals surface area contributed by atoms with Crippen LogP contribution in [0.2, 0.25) is 0 Å². The van der Waals surface area contributed by atoms with Crippen molar-refractivity contribution in [3.05, 3.63) is 58.3 Å². The molecule has 0 saturated carbocycles. The summed E-state index contributed by atoms with van der Waals surface area (Å²) in [6.07, 6.45) is 0. The van der Waals surface area contributed by atoms with Gasteiger partial charge in [-0.2, -0.15) is 8.42 Å². The molecule has 0 unspecified atom stereocenters. The second kappa shape index (κ2) is 9.11. The zero-order valence-corrected chi connectivity index (χ0v) is 16.1. The van der Waals surface area contributed by atoms with Crippen molar-refractivity contribution in [1.82, 2.24) is 4.90 Å². The average Bonchev–Trinajstić information content (AvgIpc) is 2.58. The van der Waals surface area contributed by atoms with Crippen LogP contribution in [0.5, 0.6) is 5.75 Å². The first-order valence-electron chi connectivity index (χ1n) is 7.53. The maximum atomic E-state index is 13.3. The van der Waals surface area contributed by atoms with Crippen molar-refractivity contribution in [2.75, 3.05) is 18.5 Å². The molecular formula is C16H15BrF2N2O5S. The number of urea groups is 1. The number of halogens is 3. The highest BCUT2D eigenvalue weighted by Crippen LogP contribution is 2.20. The van der Waals surface area contributed by atoms with E-state index in [9.17, 15) is 26.6 Å². The van der Waals surface area contributed by atoms with Gasteiger partial charge in [0.2, 0.25) is 0 Å². The van der Waals surface area contributed by atoms with Crippen LogP contribution >= 0.6 is 15.9 Å². The topological polar surface area (TPSA) is 95.9 Å². The van der Waals surface area contributed by atoms with Crippen LogP contribution < -0.4 is 9.50 Å². The molecule has 146 valence electrons. The first-order valence-corrected chi connectivity index (χ1v) is 9.63. The Balaban J connectivity index is 2.06. The molecule has 0 heterocycles. The summed E-state index contributed by atoms with van der Waals surface area (Å²) in [4.78, 5) is 13.7. The quantitative estimate of drug-likeness (QED) is 0.613. The van der Waals surface area contributed by atoms with Gasteiger partial charge in [0.25, 0.3) is 0 Å². The average molecular weight is 465 g/mol. The van der Waals surface area contributed by atoms with Crippen LogP contribution in [0.4, 0.5) is 18.8 Å². The third-order valence-corrected chi connectivity index (χ3v) is 4.32. The molecule has 0 atom stereocenters. The highest BCUT2D eigenvalue weighted by Gasteiger charge is 2.15. The number of hydrogen-bond acceptors (Lipinski definition) is 5. The van der Waals surface area contributed by atoms with E-state index < -0.39 is 22.4 Å². The third-order valence-electron chi connectivity index (χ3n) is 3.32. The molecule has 0 bridgehead atoms. The number of carbonyl (C=O) groups is 1. The Morgan fingerprint density at radius 1 is 1.22 bits per heavy atom. The van der Waals surface area contributed by atoms with Crippen LogP contribution in [-0.2, 0) is 17.0 Å². The number of aliphatic hydroxyl groups excluding tert-OH is 1. The number of nitrogens with one attached hydrogen (secondary N) is 1. The first kappa shape index (κ1) is 21.1. The van der Waals surface area contributed by atoms with Crippen LogP contribution in [0.25, 0.3) is 0 Å². The largest absolute Gasteiger partial charge is 0.488 e. The number of rotatable bonds is 7. The fraction of sp³-hybridized carbons (Fsp3) is 0.188. The monoisotopic (exact) mass is 464 g/mol. The first-order chi connectivity index (χ1) is 12.7. The molecule has 2 N–H and O–H groups in total. The van der Waals surface area contributed by atoms with E-state index in [1.165, 1.54) is 47.4 Å². The van der Waals surface area contributed by atoms with Crippen LogP contribution in [0, 0.1) is 5.82 Å². The molecule has 0 radical (unpaired) electrons. The van der Waals surface area contributed by atoms with Crippen molar-refractivity contribution >= 4 is 38.2 Å². The van der Waals surface area contributed by atoms with E-state index in [2.05, 4.69) is 25.4 Å². The van der Waals surface area contributed by atoms with E-state index in [0.29, 0.717) is 11.3 Å². The number of benzene rings is 2. The molecule has 7 nitrogen and oxygen atoms in total. The summed E-state index contributed by atoms with van der Waals surface area (Å²) >= 11 is 3.07. The van der Waals surface area contributed by atoms with E-state index in [1.807, 2.05) is 0 Å². The number of carbonyl (C=O) groups excluding carboxylic acids is 1. The summed E-state index contributed by atoms with van der Waals surface area (Å²) in [5.74, 6) is -0.687. The summed E-state index contributed by atoms with van der Waals surface area (Å²) in [6, 6.07) is 8.73. The van der Waals surface area contributed by atoms with Crippen LogP contribution in [0.3, 0.4) is 0 Å². The van der Waals surface area contributed by atoms with Gasteiger partial charge in [0.15, 0.2) is 0 Å². The molecule has 11 heteroatoms. The summed E-state index contributed by atoms with van der Waals surface area (Å²) in [7, 11) is -5.13. The molecule has 0 aliphatic carbocycles. The molecule has 0 spiro atoms. The molecule has 27 heavy (non-hydrogen) atoms. The standard InChI is InChI=1S/C16H15BrF2N2O5S/c17-14-9-11(1-6-15(14)18)10-21(7-8-22)16(23)20-12-2-4-13(5-3-12)26-27(19,24)25/h1-6,9,22H,7-8,10H2,(H,20,23). The van der Waals surface area contributed by atoms with E-state index in [-0.39, 0.29) is 29.9 Å². The van der Waals surface area contributed by atoms with Crippen molar-refractivity contribution in [2.45, 2.75) is 6.54 Å². The lowest BCUT2D eigenvalue weighted by atomic mass is 10.2. The maximum Gasteiger partial charge on any atom is 0.488 e. The summed E-state index contributed by atoms with van der Waals surface area (Å²) in [5.41, 5.74) is 0.940. The molecule has 2 aromatic carbocycles. The van der Waals surface area contributed by atoms with Crippen molar-refractivity contribution in [3.63, 3.8) is 0 Å². The lowest BCUT2D eigenvalue weighted by Crippen LogP contribution is -2.36. The van der Waals surface area contributed by atoms with Gasteiger partial charge in [-0.25, -0.2) is 9.18 Å². The fourth-order valence-corrected chi connectivity index (χ4v) is 2.91. The van der Waals surface area contributed by atoms with E-state index in [1.54, 1.807) is 0 Å². The second-order valence-corrected chi connectivity index (χ2v) is 7.13. The fourth-order valence-electron chi connectivity index (χ4n) is 2.14. The zero-order valence-electron chi connectivity index (χ0n) is 13.7. The van der Waals surface area contributed by atoms with Gasteiger partial charge in [-0.15, -0.1) is 0 Å². The van der Waals surface area contributed by atoms with Crippen LogP contribution in [0.15, 0.2) is 46.9 Å². The van der Waals surface area contributed by atoms with Crippen molar-refractivity contribution in [1.29, 1.82) is 0 Å². The molecule has 0 saturated heterocycles. The molecule has 0 aromatic heterocycles. The predicted molar refractivity (Wildman–Crippen MR) is 97.7 cm³/mol. The van der Waals surface area contributed by atoms with Crippen molar-refractivity contribution in [3.8, 4) is 5.75 Å². The molecule has 0 fully saturated rings. The molecule has 2 aromatic rings. The van der Waals surface area contributed by atoms with Gasteiger partial charge in [0.1, 0.15) is 11.6 Å². The second-order valence-electron chi connectivity index (χ2n) is 5.32. The Morgan fingerprint density at radius 2 is 1.89 bits per heavy atom. The van der Waals surface area contributed by atoms with Crippen LogP contribution in [-0.4, -0.2) is 37.6 Å². The Kier molecular flexibility index (Phi) is 7.11. The maximum absolute atomic E-state index is 13.3. The van der Waals surface area contributed by atoms with Crippen molar-refractivity contribution < 1.29 is 30.8 Å². The van der Waals surface area contributed by atoms with E-state index in [0.717, 1.165) is 0 Å². The smallest absolute Gasteiger partial charge is 0.395 e. The molecule has 2 rings (SSSR count). The lowest BCUT2D eigenvalue weighted by Gasteiger charge is -2.22. The Hall–Kier alpha value is -2.24. The van der Waals surface area contributed by atoms with Crippen LogP contribution in [0.1, 0.15) is 5.56 Å². The van der Waals surface area contributed by atoms with Gasteiger partial charge in [-0.1, -0.05) is 9.95 Å². The third kappa shape index (κ3) is 6.77. The van der Waals surface area contributed by atoms with E-state index in [4.69, 9.17) is 0 Å². The van der Waals surface area contributed by atoms with Crippen molar-refractivity contribution in [2.24, 2.45) is 0 Å². The van der Waals surface area contributed by atoms with Gasteiger partial charge < -0.3 is 19.5 Å². The van der Waals surface area contributed by atoms with Gasteiger partial charge >= 0.3 is 16.5 Å². The zero-order chi connectivity index (χ0) is 20.0.